The van der Waals surface area contributed by atoms with Crippen LogP contribution in [0, 0.1) is 5.82 Å². The first-order chi connectivity index (χ1) is 16.0. The van der Waals surface area contributed by atoms with Crippen molar-refractivity contribution in [2.24, 2.45) is 0 Å². The number of fused-ring (bicyclic) bond motifs is 2. The Morgan fingerprint density at radius 2 is 2.09 bits per heavy atom. The Labute approximate surface area is 202 Å². The summed E-state index contributed by atoms with van der Waals surface area (Å²) in [5.41, 5.74) is 2.37. The monoisotopic (exact) mass is 502 g/mol. The number of carbonyl (C=O) groups excluding carboxylic acids is 1. The number of aromatic nitrogens is 5. The number of hydrogen-bond acceptors (Lipinski definition) is 5. The molecule has 0 aliphatic heterocycles. The lowest BCUT2D eigenvalue weighted by molar-refractivity contribution is 0.0890. The third-order valence-corrected chi connectivity index (χ3v) is 7.20. The van der Waals surface area contributed by atoms with Gasteiger partial charge in [0.1, 0.15) is 29.5 Å². The molecule has 34 heavy (non-hydrogen) atoms. The lowest BCUT2D eigenvalue weighted by atomic mass is 10.1. The van der Waals surface area contributed by atoms with Crippen LogP contribution in [0.15, 0.2) is 24.5 Å². The highest BCUT2D eigenvalue weighted by Gasteiger charge is 2.22. The van der Waals surface area contributed by atoms with Gasteiger partial charge in [0.2, 0.25) is 0 Å². The highest BCUT2D eigenvalue weighted by molar-refractivity contribution is 6.76. The molecule has 1 amide bonds. The van der Waals surface area contributed by atoms with Crippen LogP contribution >= 0.6 is 11.6 Å². The number of ether oxygens (including phenoxy) is 1. The molecule has 180 valence electrons. The molecular formula is C23H28ClFN6O2Si. The topological polar surface area (TPSA) is 97.7 Å². The van der Waals surface area contributed by atoms with Crippen molar-refractivity contribution in [2.45, 2.75) is 52.3 Å². The predicted molar refractivity (Wildman–Crippen MR) is 134 cm³/mol. The first kappa shape index (κ1) is 24.3. The molecule has 8 nitrogen and oxygen atoms in total. The summed E-state index contributed by atoms with van der Waals surface area (Å²) in [5, 5.41) is 10.4. The van der Waals surface area contributed by atoms with Crippen molar-refractivity contribution in [3.05, 3.63) is 40.9 Å². The molecule has 0 unspecified atom stereocenters. The molecular weight excluding hydrogens is 475 g/mol. The van der Waals surface area contributed by atoms with Crippen molar-refractivity contribution in [2.75, 3.05) is 6.61 Å². The molecule has 0 atom stereocenters. The summed E-state index contributed by atoms with van der Waals surface area (Å²) in [6, 6.07) is 3.80. The molecule has 4 aromatic rings. The number of hydrogen-bond donors (Lipinski definition) is 2. The minimum Gasteiger partial charge on any atom is -0.361 e. The van der Waals surface area contributed by atoms with E-state index in [4.69, 9.17) is 16.3 Å². The fourth-order valence-corrected chi connectivity index (χ4v) is 4.53. The van der Waals surface area contributed by atoms with Crippen LogP contribution in [0.25, 0.3) is 33.5 Å². The molecule has 0 spiro atoms. The molecule has 0 aliphatic rings. The van der Waals surface area contributed by atoms with E-state index in [1.807, 2.05) is 13.8 Å². The number of carbonyl (C=O) groups is 1. The van der Waals surface area contributed by atoms with Crippen molar-refractivity contribution in [3.8, 4) is 11.4 Å². The zero-order valence-corrected chi connectivity index (χ0v) is 21.6. The summed E-state index contributed by atoms with van der Waals surface area (Å²) in [6.45, 7) is 11.5. The van der Waals surface area contributed by atoms with Gasteiger partial charge in [-0.1, -0.05) is 31.2 Å². The zero-order chi connectivity index (χ0) is 24.6. The van der Waals surface area contributed by atoms with Gasteiger partial charge in [-0.05, 0) is 32.0 Å². The largest absolute Gasteiger partial charge is 0.361 e. The van der Waals surface area contributed by atoms with E-state index in [0.29, 0.717) is 40.2 Å². The molecule has 0 bridgehead atoms. The predicted octanol–water partition coefficient (Wildman–Crippen LogP) is 5.22. The summed E-state index contributed by atoms with van der Waals surface area (Å²) < 4.78 is 22.3. The number of rotatable bonds is 8. The summed E-state index contributed by atoms with van der Waals surface area (Å²) in [7, 11) is -1.22. The quantitative estimate of drug-likeness (QED) is 0.254. The van der Waals surface area contributed by atoms with Crippen LogP contribution in [-0.4, -0.2) is 51.4 Å². The van der Waals surface area contributed by atoms with Crippen LogP contribution in [-0.2, 0) is 11.5 Å². The second-order valence-electron chi connectivity index (χ2n) is 9.80. The highest BCUT2D eigenvalue weighted by Crippen LogP contribution is 2.31. The van der Waals surface area contributed by atoms with Crippen molar-refractivity contribution in [1.29, 1.82) is 0 Å². The second-order valence-corrected chi connectivity index (χ2v) is 15.9. The standard InChI is InChI=1S/C23H28ClFN6O2Si/c1-13(2)27-23(32)15-11-31(12-33-6-7-34(3,4)5)22-20(15)28-18(10-26-22)21-19-16(25)8-14(24)9-17(19)29-30-21/h8-11,13H,6-7,12H2,1-5H3,(H,27,32)(H,29,30). The Morgan fingerprint density at radius 1 is 1.32 bits per heavy atom. The SMILES string of the molecule is CC(C)NC(=O)c1cn(COCC[Si](C)(C)C)c2ncc(-c3n[nH]c4cc(Cl)cc(F)c34)nc12. The Kier molecular flexibility index (Phi) is 6.75. The van der Waals surface area contributed by atoms with E-state index >= 15 is 0 Å². The molecule has 4 rings (SSSR count). The third-order valence-electron chi connectivity index (χ3n) is 5.28. The third kappa shape index (κ3) is 5.13. The smallest absolute Gasteiger partial charge is 0.255 e. The van der Waals surface area contributed by atoms with Crippen LogP contribution in [0.3, 0.4) is 0 Å². The summed E-state index contributed by atoms with van der Waals surface area (Å²) in [5.74, 6) is -0.781. The summed E-state index contributed by atoms with van der Waals surface area (Å²) in [6.07, 6.45) is 3.22. The van der Waals surface area contributed by atoms with E-state index in [9.17, 15) is 9.18 Å². The van der Waals surface area contributed by atoms with Crippen LogP contribution in [0.1, 0.15) is 24.2 Å². The van der Waals surface area contributed by atoms with Crippen molar-refractivity contribution in [1.82, 2.24) is 30.0 Å². The Balaban J connectivity index is 1.75. The number of benzene rings is 1. The molecule has 3 heterocycles. The summed E-state index contributed by atoms with van der Waals surface area (Å²) >= 11 is 5.96. The van der Waals surface area contributed by atoms with Gasteiger partial charge in [-0.15, -0.1) is 0 Å². The van der Waals surface area contributed by atoms with Gasteiger partial charge in [0.15, 0.2) is 5.65 Å². The van der Waals surface area contributed by atoms with Crippen LogP contribution < -0.4 is 5.32 Å². The number of amides is 1. The normalized spacial score (nSPS) is 12.2. The number of nitrogens with one attached hydrogen (secondary N) is 2. The van der Waals surface area contributed by atoms with Gasteiger partial charge < -0.3 is 14.6 Å². The van der Waals surface area contributed by atoms with E-state index in [-0.39, 0.29) is 29.1 Å². The van der Waals surface area contributed by atoms with Crippen LogP contribution in [0.2, 0.25) is 30.7 Å². The van der Waals surface area contributed by atoms with Gasteiger partial charge in [-0.2, -0.15) is 5.10 Å². The molecule has 2 N–H and O–H groups in total. The van der Waals surface area contributed by atoms with Gasteiger partial charge in [0, 0.05) is 31.9 Å². The molecule has 0 aliphatic carbocycles. The van der Waals surface area contributed by atoms with E-state index in [1.165, 1.54) is 12.3 Å². The zero-order valence-electron chi connectivity index (χ0n) is 19.9. The number of H-pyrrole nitrogens is 1. The van der Waals surface area contributed by atoms with Crippen LogP contribution in [0.4, 0.5) is 4.39 Å². The lowest BCUT2D eigenvalue weighted by Gasteiger charge is -2.15. The van der Waals surface area contributed by atoms with E-state index in [2.05, 4.69) is 45.1 Å². The number of aromatic amines is 1. The molecule has 0 radical (unpaired) electrons. The number of halogens is 2. The Bertz CT molecular complexity index is 1360. The second kappa shape index (κ2) is 9.44. The van der Waals surface area contributed by atoms with E-state index in [0.717, 1.165) is 6.04 Å². The van der Waals surface area contributed by atoms with Crippen molar-refractivity contribution < 1.29 is 13.9 Å². The van der Waals surface area contributed by atoms with Crippen LogP contribution in [0.5, 0.6) is 0 Å². The lowest BCUT2D eigenvalue weighted by Crippen LogP contribution is -2.30. The molecule has 1 aromatic carbocycles. The Hall–Kier alpha value is -2.82. The van der Waals surface area contributed by atoms with Gasteiger partial charge in [0.25, 0.3) is 5.91 Å². The average Bonchev–Trinajstić information content (AvgIpc) is 3.31. The molecule has 11 heteroatoms. The minimum atomic E-state index is -1.22. The molecule has 0 saturated carbocycles. The first-order valence-electron chi connectivity index (χ1n) is 11.1. The maximum absolute atomic E-state index is 14.7. The van der Waals surface area contributed by atoms with Gasteiger partial charge >= 0.3 is 0 Å². The maximum Gasteiger partial charge on any atom is 0.255 e. The van der Waals surface area contributed by atoms with Gasteiger partial charge in [-0.3, -0.25) is 9.89 Å². The fraction of sp³-hybridized carbons (Fsp3) is 0.391. The Morgan fingerprint density at radius 3 is 2.79 bits per heavy atom. The molecule has 3 aromatic heterocycles. The average molecular weight is 503 g/mol. The fourth-order valence-electron chi connectivity index (χ4n) is 3.57. The molecule has 0 fully saturated rings. The first-order valence-corrected chi connectivity index (χ1v) is 15.2. The van der Waals surface area contributed by atoms with Crippen molar-refractivity contribution >= 4 is 47.6 Å². The molecule has 0 saturated heterocycles. The highest BCUT2D eigenvalue weighted by atomic mass is 35.5. The van der Waals surface area contributed by atoms with E-state index in [1.54, 1.807) is 16.8 Å². The number of nitrogens with zero attached hydrogens (tertiary/aromatic N) is 4. The minimum absolute atomic E-state index is 0.0517. The van der Waals surface area contributed by atoms with E-state index < -0.39 is 13.9 Å². The summed E-state index contributed by atoms with van der Waals surface area (Å²) in [4.78, 5) is 22.1. The maximum atomic E-state index is 14.7. The van der Waals surface area contributed by atoms with Gasteiger partial charge in [-0.25, -0.2) is 14.4 Å². The van der Waals surface area contributed by atoms with Gasteiger partial charge in [0.05, 0.1) is 22.7 Å². The van der Waals surface area contributed by atoms with Crippen molar-refractivity contribution in [3.63, 3.8) is 0 Å².